The van der Waals surface area contributed by atoms with E-state index < -0.39 is 34.9 Å². The summed E-state index contributed by atoms with van der Waals surface area (Å²) in [6.45, 7) is 5.54. The van der Waals surface area contributed by atoms with Gasteiger partial charge in [0.25, 0.3) is 5.91 Å². The minimum absolute atomic E-state index is 0.0789. The standard InChI is InChI=1S/C33H33NO4P.CHF3O3S/c1-3-24-38-34(27(2)33(36)37-25-28-16-8-4-9-17-28)32(35)26-39(29-18-10-5-11-19-29,30-20-12-6-13-21-30)31-22-14-7-15-23-31;2-1(3,4)8(5,6)7/h3-23,27H,1,24-26H2,2H3;(H,5,6,7)/q+1;/p-1/t27-;/m1./s1. The van der Waals surface area contributed by atoms with Crippen molar-refractivity contribution in [1.29, 1.82) is 0 Å². The van der Waals surface area contributed by atoms with Gasteiger partial charge in [-0.05, 0) is 48.9 Å². The van der Waals surface area contributed by atoms with Crippen LogP contribution in [0.3, 0.4) is 0 Å². The molecule has 248 valence electrons. The van der Waals surface area contributed by atoms with Gasteiger partial charge in [-0.2, -0.15) is 13.2 Å². The average Bonchev–Trinajstić information content (AvgIpc) is 3.07. The van der Waals surface area contributed by atoms with Gasteiger partial charge in [-0.25, -0.2) is 18.3 Å². The van der Waals surface area contributed by atoms with Crippen LogP contribution in [-0.2, 0) is 35.9 Å². The van der Waals surface area contributed by atoms with Gasteiger partial charge in [0.2, 0.25) is 0 Å². The maximum absolute atomic E-state index is 14.2. The molecule has 0 aromatic heterocycles. The van der Waals surface area contributed by atoms with Gasteiger partial charge in [0.1, 0.15) is 29.8 Å². The van der Waals surface area contributed by atoms with E-state index in [1.807, 2.05) is 84.9 Å². The van der Waals surface area contributed by atoms with Crippen LogP contribution in [0.25, 0.3) is 0 Å². The largest absolute Gasteiger partial charge is 0.741 e. The lowest BCUT2D eigenvalue weighted by molar-refractivity contribution is -0.201. The molecule has 0 saturated carbocycles. The van der Waals surface area contributed by atoms with Crippen molar-refractivity contribution in [2.45, 2.75) is 25.1 Å². The second-order valence-corrected chi connectivity index (χ2v) is 14.8. The number of ether oxygens (including phenoxy) is 1. The zero-order valence-electron chi connectivity index (χ0n) is 25.3. The minimum atomic E-state index is -6.09. The highest BCUT2D eigenvalue weighted by molar-refractivity contribution is 7.96. The number of alkyl halides is 3. The molecule has 4 rings (SSSR count). The molecule has 0 aliphatic carbocycles. The molecule has 1 atom stereocenters. The number of hydrogen-bond acceptors (Lipinski definition) is 7. The molecular weight excluding hydrogens is 654 g/mol. The monoisotopic (exact) mass is 687 g/mol. The number of carbonyl (C=O) groups is 2. The van der Waals surface area contributed by atoms with Crippen LogP contribution in [0.15, 0.2) is 134 Å². The predicted molar refractivity (Wildman–Crippen MR) is 174 cm³/mol. The summed E-state index contributed by atoms with van der Waals surface area (Å²) in [5.74, 6) is -0.842. The zero-order valence-corrected chi connectivity index (χ0v) is 27.0. The lowest BCUT2D eigenvalue weighted by Crippen LogP contribution is -2.48. The first kappa shape index (κ1) is 37.1. The minimum Gasteiger partial charge on any atom is -0.741 e. The number of hydroxylamine groups is 2. The molecule has 0 saturated heterocycles. The first-order chi connectivity index (χ1) is 22.3. The smallest absolute Gasteiger partial charge is 0.485 e. The molecule has 8 nitrogen and oxygen atoms in total. The molecule has 0 unspecified atom stereocenters. The van der Waals surface area contributed by atoms with E-state index in [-0.39, 0.29) is 25.3 Å². The number of esters is 1. The summed E-state index contributed by atoms with van der Waals surface area (Å²) < 4.78 is 64.5. The summed E-state index contributed by atoms with van der Waals surface area (Å²) in [6.07, 6.45) is 1.69. The number of nitrogens with zero attached hydrogens (tertiary/aromatic N) is 1. The highest BCUT2D eigenvalue weighted by Gasteiger charge is 2.49. The van der Waals surface area contributed by atoms with Crippen molar-refractivity contribution in [3.8, 4) is 0 Å². The van der Waals surface area contributed by atoms with E-state index in [9.17, 15) is 22.8 Å². The first-order valence-corrected chi connectivity index (χ1v) is 17.5. The second kappa shape index (κ2) is 17.0. The molecule has 0 heterocycles. The normalized spacial score (nSPS) is 12.2. The summed E-state index contributed by atoms with van der Waals surface area (Å²) in [6, 6.07) is 38.8. The molecule has 0 spiro atoms. The molecule has 47 heavy (non-hydrogen) atoms. The van der Waals surface area contributed by atoms with Gasteiger partial charge in [-0.15, -0.1) is 6.58 Å². The van der Waals surface area contributed by atoms with Crippen molar-refractivity contribution in [2.24, 2.45) is 0 Å². The van der Waals surface area contributed by atoms with Crippen LogP contribution >= 0.6 is 7.26 Å². The second-order valence-electron chi connectivity index (χ2n) is 9.95. The number of amides is 1. The van der Waals surface area contributed by atoms with E-state index in [2.05, 4.69) is 43.0 Å². The van der Waals surface area contributed by atoms with E-state index in [4.69, 9.17) is 22.5 Å². The SMILES string of the molecule is C=CCON(C(=O)C[P+](c1ccccc1)(c1ccccc1)c1ccccc1)[C@H](C)C(=O)OCc1ccccc1.O=S(=O)([O-])C(F)(F)F. The molecule has 1 amide bonds. The fraction of sp³-hybridized carbons (Fsp3) is 0.176. The molecule has 0 aliphatic rings. The van der Waals surface area contributed by atoms with E-state index in [1.54, 1.807) is 13.0 Å². The topological polar surface area (TPSA) is 113 Å². The van der Waals surface area contributed by atoms with Crippen molar-refractivity contribution in [3.63, 3.8) is 0 Å². The summed E-state index contributed by atoms with van der Waals surface area (Å²) >= 11 is 0. The van der Waals surface area contributed by atoms with Crippen LogP contribution < -0.4 is 15.9 Å². The highest BCUT2D eigenvalue weighted by atomic mass is 32.2. The third kappa shape index (κ3) is 10.1. The Bertz CT molecular complexity index is 1600. The van der Waals surface area contributed by atoms with Crippen molar-refractivity contribution in [1.82, 2.24) is 5.06 Å². The number of rotatable bonds is 12. The number of halogens is 3. The van der Waals surface area contributed by atoms with E-state index >= 15 is 0 Å². The highest BCUT2D eigenvalue weighted by Crippen LogP contribution is 2.55. The van der Waals surface area contributed by atoms with Crippen LogP contribution in [-0.4, -0.2) is 54.2 Å². The summed E-state index contributed by atoms with van der Waals surface area (Å²) in [5.41, 5.74) is -4.78. The Balaban J connectivity index is 0.000000665. The molecule has 0 radical (unpaired) electrons. The fourth-order valence-electron chi connectivity index (χ4n) is 4.52. The molecule has 0 bridgehead atoms. The van der Waals surface area contributed by atoms with Crippen molar-refractivity contribution >= 4 is 45.2 Å². The molecule has 0 fully saturated rings. The first-order valence-electron chi connectivity index (χ1n) is 14.1. The quantitative estimate of drug-likeness (QED) is 0.0508. The van der Waals surface area contributed by atoms with Crippen LogP contribution in [0.4, 0.5) is 13.2 Å². The summed E-state index contributed by atoms with van der Waals surface area (Å²) in [7, 11) is -8.57. The Morgan fingerprint density at radius 1 is 0.830 bits per heavy atom. The van der Waals surface area contributed by atoms with Gasteiger partial charge in [0.15, 0.2) is 22.3 Å². The van der Waals surface area contributed by atoms with Crippen LogP contribution in [0.1, 0.15) is 12.5 Å². The van der Waals surface area contributed by atoms with Gasteiger partial charge >= 0.3 is 11.5 Å². The van der Waals surface area contributed by atoms with Crippen LogP contribution in [0.5, 0.6) is 0 Å². The molecule has 4 aromatic rings. The van der Waals surface area contributed by atoms with Gasteiger partial charge in [-0.3, -0.25) is 9.63 Å². The maximum Gasteiger partial charge on any atom is 0.485 e. The van der Waals surface area contributed by atoms with Crippen LogP contribution in [0, 0.1) is 0 Å². The van der Waals surface area contributed by atoms with E-state index in [0.717, 1.165) is 21.5 Å². The van der Waals surface area contributed by atoms with E-state index in [1.165, 1.54) is 5.06 Å². The number of benzene rings is 4. The third-order valence-corrected chi connectivity index (χ3v) is 11.6. The van der Waals surface area contributed by atoms with Gasteiger partial charge in [0, 0.05) is 0 Å². The predicted octanol–water partition coefficient (Wildman–Crippen LogP) is 5.11. The summed E-state index contributed by atoms with van der Waals surface area (Å²) in [4.78, 5) is 33.1. The lowest BCUT2D eigenvalue weighted by Gasteiger charge is -2.31. The Kier molecular flexibility index (Phi) is 13.4. The Morgan fingerprint density at radius 3 is 1.57 bits per heavy atom. The summed E-state index contributed by atoms with van der Waals surface area (Å²) in [5, 5.41) is 4.37. The van der Waals surface area contributed by atoms with Crippen molar-refractivity contribution < 1.29 is 45.3 Å². The molecular formula is C34H33F3NO7PS. The zero-order chi connectivity index (χ0) is 34.5. The maximum atomic E-state index is 14.2. The molecule has 0 N–H and O–H groups in total. The third-order valence-electron chi connectivity index (χ3n) is 6.74. The Hall–Kier alpha value is -4.35. The Morgan fingerprint density at radius 2 is 1.21 bits per heavy atom. The molecule has 13 heteroatoms. The van der Waals surface area contributed by atoms with Crippen LogP contribution in [0.2, 0.25) is 0 Å². The lowest BCUT2D eigenvalue weighted by atomic mass is 10.2. The molecule has 0 aliphatic heterocycles. The molecule has 4 aromatic carbocycles. The van der Waals surface area contributed by atoms with Crippen molar-refractivity contribution in [2.75, 3.05) is 12.8 Å². The van der Waals surface area contributed by atoms with Gasteiger partial charge < -0.3 is 9.29 Å². The number of hydrogen-bond donors (Lipinski definition) is 0. The van der Waals surface area contributed by atoms with Crippen molar-refractivity contribution in [3.05, 3.63) is 140 Å². The fourth-order valence-corrected chi connectivity index (χ4v) is 8.55. The van der Waals surface area contributed by atoms with E-state index in [0.29, 0.717) is 0 Å². The Labute approximate surface area is 272 Å². The van der Waals surface area contributed by atoms with Gasteiger partial charge in [-0.1, -0.05) is 91.0 Å². The average molecular weight is 688 g/mol. The van der Waals surface area contributed by atoms with Gasteiger partial charge in [0.05, 0.1) is 6.61 Å². The number of carbonyl (C=O) groups excluding carboxylic acids is 2.